The molecule has 0 spiro atoms. The quantitative estimate of drug-likeness (QED) is 0.714. The number of carbonyl (C=O) groups is 1. The molecule has 1 fully saturated rings. The van der Waals surface area contributed by atoms with E-state index < -0.39 is 5.54 Å². The number of carbonyl (C=O) groups excluding carboxylic acids is 1. The van der Waals surface area contributed by atoms with Crippen LogP contribution in [0.25, 0.3) is 0 Å². The van der Waals surface area contributed by atoms with Gasteiger partial charge in [0, 0.05) is 13.7 Å². The van der Waals surface area contributed by atoms with Gasteiger partial charge in [0.1, 0.15) is 5.54 Å². The van der Waals surface area contributed by atoms with Crippen LogP contribution < -0.4 is 5.32 Å². The van der Waals surface area contributed by atoms with Crippen molar-refractivity contribution in [2.45, 2.75) is 44.8 Å². The molecule has 3 unspecified atom stereocenters. The van der Waals surface area contributed by atoms with E-state index in [2.05, 4.69) is 17.1 Å². The molecule has 1 N–H and O–H groups in total. The topological polar surface area (TPSA) is 50.8 Å². The smallest absolute Gasteiger partial charge is 0.325 e. The van der Waals surface area contributed by atoms with E-state index in [1.54, 1.807) is 14.2 Å². The van der Waals surface area contributed by atoms with Gasteiger partial charge in [0.25, 0.3) is 0 Å². The number of hydrogen-bond donors (Lipinski definition) is 1. The van der Waals surface area contributed by atoms with Crippen molar-refractivity contribution >= 4 is 5.97 Å². The lowest BCUT2D eigenvalue weighted by molar-refractivity contribution is -0.148. The number of esters is 1. The summed E-state index contributed by atoms with van der Waals surface area (Å²) in [6, 6.07) is 0. The number of piperidine rings is 1. The highest BCUT2D eigenvalue weighted by Crippen LogP contribution is 2.21. The molecule has 5 nitrogen and oxygen atoms in total. The first-order valence-corrected chi connectivity index (χ1v) is 7.49. The fraction of sp³-hybridized carbons (Fsp3) is 0.933. The molecular weight excluding hydrogens is 256 g/mol. The Hall–Kier alpha value is -0.650. The summed E-state index contributed by atoms with van der Waals surface area (Å²) in [7, 11) is 5.04. The van der Waals surface area contributed by atoms with Gasteiger partial charge in [0.2, 0.25) is 0 Å². The molecule has 0 aromatic carbocycles. The molecule has 1 saturated heterocycles. The first kappa shape index (κ1) is 17.4. The highest BCUT2D eigenvalue weighted by atomic mass is 16.5. The molecule has 1 aliphatic rings. The summed E-state index contributed by atoms with van der Waals surface area (Å²) in [5.41, 5.74) is -0.585. The maximum atomic E-state index is 11.8. The summed E-state index contributed by atoms with van der Waals surface area (Å²) in [6.45, 7) is 7.26. The Morgan fingerprint density at radius 2 is 2.15 bits per heavy atom. The molecule has 0 bridgehead atoms. The van der Waals surface area contributed by atoms with Gasteiger partial charge in [0.05, 0.1) is 13.2 Å². The zero-order chi connectivity index (χ0) is 15.2. The number of nitrogens with zero attached hydrogens (tertiary/aromatic N) is 1. The molecule has 1 aliphatic heterocycles. The SMILES string of the molecule is CNC(C)(CCCN1CCC(C)C(OC)C1)C(=O)OC. The number of ether oxygens (including phenoxy) is 2. The minimum atomic E-state index is -0.585. The number of hydrogen-bond acceptors (Lipinski definition) is 5. The van der Waals surface area contributed by atoms with Gasteiger partial charge in [-0.1, -0.05) is 6.92 Å². The van der Waals surface area contributed by atoms with Gasteiger partial charge in [-0.05, 0) is 52.2 Å². The van der Waals surface area contributed by atoms with Crippen LogP contribution in [0.4, 0.5) is 0 Å². The molecular formula is C15H30N2O3. The van der Waals surface area contributed by atoms with Crippen LogP contribution in [0.15, 0.2) is 0 Å². The predicted octanol–water partition coefficient (Wildman–Crippen LogP) is 1.27. The first-order chi connectivity index (χ1) is 9.46. The molecule has 1 heterocycles. The molecule has 20 heavy (non-hydrogen) atoms. The van der Waals surface area contributed by atoms with E-state index in [0.29, 0.717) is 12.0 Å². The molecule has 1 rings (SSSR count). The second-order valence-corrected chi connectivity index (χ2v) is 6.02. The van der Waals surface area contributed by atoms with Crippen LogP contribution in [0.3, 0.4) is 0 Å². The lowest BCUT2D eigenvalue weighted by Crippen LogP contribution is -2.49. The summed E-state index contributed by atoms with van der Waals surface area (Å²) >= 11 is 0. The first-order valence-electron chi connectivity index (χ1n) is 7.49. The maximum Gasteiger partial charge on any atom is 0.325 e. The zero-order valence-electron chi connectivity index (χ0n) is 13.6. The van der Waals surface area contributed by atoms with Gasteiger partial charge in [-0.15, -0.1) is 0 Å². The van der Waals surface area contributed by atoms with Crippen molar-refractivity contribution in [3.63, 3.8) is 0 Å². The molecule has 0 aliphatic carbocycles. The van der Waals surface area contributed by atoms with Crippen LogP contribution in [0, 0.1) is 5.92 Å². The average Bonchev–Trinajstić information content (AvgIpc) is 2.47. The van der Waals surface area contributed by atoms with Gasteiger partial charge in [-0.3, -0.25) is 4.79 Å². The molecule has 0 amide bonds. The van der Waals surface area contributed by atoms with Gasteiger partial charge >= 0.3 is 5.97 Å². The number of methoxy groups -OCH3 is 2. The second kappa shape index (κ2) is 7.96. The van der Waals surface area contributed by atoms with Crippen LogP contribution in [0.5, 0.6) is 0 Å². The molecule has 0 saturated carbocycles. The maximum absolute atomic E-state index is 11.8. The van der Waals surface area contributed by atoms with Crippen molar-refractivity contribution in [2.24, 2.45) is 5.92 Å². The highest BCUT2D eigenvalue weighted by Gasteiger charge is 2.32. The normalized spacial score (nSPS) is 27.1. The van der Waals surface area contributed by atoms with Crippen molar-refractivity contribution in [1.82, 2.24) is 10.2 Å². The van der Waals surface area contributed by atoms with Gasteiger partial charge < -0.3 is 19.7 Å². The fourth-order valence-corrected chi connectivity index (χ4v) is 2.82. The van der Waals surface area contributed by atoms with E-state index in [9.17, 15) is 4.79 Å². The summed E-state index contributed by atoms with van der Waals surface area (Å²) in [5, 5.41) is 3.08. The Kier molecular flexibility index (Phi) is 6.92. The lowest BCUT2D eigenvalue weighted by Gasteiger charge is -2.36. The predicted molar refractivity (Wildman–Crippen MR) is 79.7 cm³/mol. The molecule has 3 atom stereocenters. The van der Waals surface area contributed by atoms with Crippen molar-refractivity contribution in [3.05, 3.63) is 0 Å². The molecule has 0 aromatic rings. The van der Waals surface area contributed by atoms with Crippen molar-refractivity contribution in [2.75, 3.05) is 40.9 Å². The van der Waals surface area contributed by atoms with Crippen LogP contribution >= 0.6 is 0 Å². The zero-order valence-corrected chi connectivity index (χ0v) is 13.6. The Labute approximate surface area is 123 Å². The van der Waals surface area contributed by atoms with E-state index in [4.69, 9.17) is 9.47 Å². The minimum absolute atomic E-state index is 0.193. The monoisotopic (exact) mass is 286 g/mol. The van der Waals surface area contributed by atoms with E-state index in [-0.39, 0.29) is 5.97 Å². The van der Waals surface area contributed by atoms with Crippen molar-refractivity contribution in [3.8, 4) is 0 Å². The van der Waals surface area contributed by atoms with Crippen LogP contribution in [0.2, 0.25) is 0 Å². The number of likely N-dealkylation sites (tertiary alicyclic amines) is 1. The Morgan fingerprint density at radius 3 is 2.70 bits per heavy atom. The van der Waals surface area contributed by atoms with Crippen molar-refractivity contribution in [1.29, 1.82) is 0 Å². The van der Waals surface area contributed by atoms with Crippen LogP contribution in [0.1, 0.15) is 33.1 Å². The molecule has 0 radical (unpaired) electrons. The standard InChI is InChI=1S/C15H30N2O3/c1-12-7-10-17(11-13(12)19-4)9-6-8-15(2,16-3)14(18)20-5/h12-13,16H,6-11H2,1-5H3. The van der Waals surface area contributed by atoms with E-state index in [1.165, 1.54) is 13.5 Å². The molecule has 118 valence electrons. The lowest BCUT2D eigenvalue weighted by atomic mass is 9.93. The van der Waals surface area contributed by atoms with E-state index in [0.717, 1.165) is 32.5 Å². The largest absolute Gasteiger partial charge is 0.468 e. The molecule has 0 aromatic heterocycles. The summed E-state index contributed by atoms with van der Waals surface area (Å²) in [4.78, 5) is 14.2. The Bertz CT molecular complexity index is 311. The summed E-state index contributed by atoms with van der Waals surface area (Å²) in [5.74, 6) is 0.441. The highest BCUT2D eigenvalue weighted by molar-refractivity contribution is 5.80. The number of rotatable bonds is 7. The van der Waals surface area contributed by atoms with Crippen LogP contribution in [-0.4, -0.2) is 63.4 Å². The Morgan fingerprint density at radius 1 is 1.45 bits per heavy atom. The Balaban J connectivity index is 2.38. The van der Waals surface area contributed by atoms with Gasteiger partial charge in [-0.25, -0.2) is 0 Å². The number of nitrogens with one attached hydrogen (secondary N) is 1. The van der Waals surface area contributed by atoms with Gasteiger partial charge in [-0.2, -0.15) is 0 Å². The molecule has 5 heteroatoms. The fourth-order valence-electron chi connectivity index (χ4n) is 2.82. The third-order valence-corrected chi connectivity index (χ3v) is 4.62. The number of likely N-dealkylation sites (N-methyl/N-ethyl adjacent to an activating group) is 1. The van der Waals surface area contributed by atoms with Gasteiger partial charge in [0.15, 0.2) is 0 Å². The van der Waals surface area contributed by atoms with E-state index >= 15 is 0 Å². The third-order valence-electron chi connectivity index (χ3n) is 4.62. The summed E-state index contributed by atoms with van der Waals surface area (Å²) < 4.78 is 10.4. The minimum Gasteiger partial charge on any atom is -0.468 e. The summed E-state index contributed by atoms with van der Waals surface area (Å²) in [6.07, 6.45) is 3.26. The third kappa shape index (κ3) is 4.43. The van der Waals surface area contributed by atoms with Crippen LogP contribution in [-0.2, 0) is 14.3 Å². The average molecular weight is 286 g/mol. The van der Waals surface area contributed by atoms with Crippen molar-refractivity contribution < 1.29 is 14.3 Å². The second-order valence-electron chi connectivity index (χ2n) is 6.02. The van der Waals surface area contributed by atoms with E-state index in [1.807, 2.05) is 6.92 Å².